The fourth-order valence-electron chi connectivity index (χ4n) is 2.52. The molecule has 3 aromatic rings. The number of esters is 1. The maximum atomic E-state index is 12.3. The molecule has 0 spiro atoms. The van der Waals surface area contributed by atoms with Crippen LogP contribution < -0.4 is 0 Å². The molecule has 1 unspecified atom stereocenters. The minimum atomic E-state index is -0.739. The molecule has 1 heterocycles. The van der Waals surface area contributed by atoms with Gasteiger partial charge in [0.15, 0.2) is 6.10 Å². The Balaban J connectivity index is 1.68. The van der Waals surface area contributed by atoms with E-state index in [1.807, 2.05) is 12.1 Å². The van der Waals surface area contributed by atoms with Crippen molar-refractivity contribution in [2.24, 2.45) is 0 Å². The highest BCUT2D eigenvalue weighted by Gasteiger charge is 2.20. The van der Waals surface area contributed by atoms with Crippen LogP contribution in [-0.2, 0) is 4.74 Å². The van der Waals surface area contributed by atoms with Crippen molar-refractivity contribution in [3.05, 3.63) is 75.7 Å². The third-order valence-corrected chi connectivity index (χ3v) is 4.21. The van der Waals surface area contributed by atoms with Crippen molar-refractivity contribution >= 4 is 11.7 Å². The summed E-state index contributed by atoms with van der Waals surface area (Å²) >= 11 is 0. The van der Waals surface area contributed by atoms with E-state index in [9.17, 15) is 14.9 Å². The summed E-state index contributed by atoms with van der Waals surface area (Å²) in [5, 5.41) is 18.5. The summed E-state index contributed by atoms with van der Waals surface area (Å²) in [6.45, 7) is 5.79. The van der Waals surface area contributed by atoms with E-state index in [-0.39, 0.29) is 17.5 Å². The van der Waals surface area contributed by atoms with Crippen molar-refractivity contribution < 1.29 is 18.9 Å². The van der Waals surface area contributed by atoms with Crippen molar-refractivity contribution in [1.29, 1.82) is 0 Å². The summed E-state index contributed by atoms with van der Waals surface area (Å²) in [4.78, 5) is 22.5. The zero-order valence-electron chi connectivity index (χ0n) is 15.7. The molecule has 1 aromatic heterocycles. The van der Waals surface area contributed by atoms with Gasteiger partial charge in [-0.15, -0.1) is 10.2 Å². The molecular weight excluding hydrogens is 362 g/mol. The number of carbonyl (C=O) groups is 1. The van der Waals surface area contributed by atoms with Crippen molar-refractivity contribution in [3.8, 4) is 11.5 Å². The van der Waals surface area contributed by atoms with Gasteiger partial charge < -0.3 is 9.15 Å². The van der Waals surface area contributed by atoms with Crippen molar-refractivity contribution in [2.75, 3.05) is 0 Å². The zero-order valence-corrected chi connectivity index (χ0v) is 15.7. The molecule has 0 aliphatic heterocycles. The van der Waals surface area contributed by atoms with Crippen LogP contribution in [0.15, 0.2) is 52.9 Å². The van der Waals surface area contributed by atoms with Crippen LogP contribution in [0, 0.1) is 10.1 Å². The fourth-order valence-corrected chi connectivity index (χ4v) is 2.52. The highest BCUT2D eigenvalue weighted by molar-refractivity contribution is 5.89. The van der Waals surface area contributed by atoms with Gasteiger partial charge in [0.05, 0.1) is 10.5 Å². The second-order valence-electron chi connectivity index (χ2n) is 6.57. The van der Waals surface area contributed by atoms with Crippen molar-refractivity contribution in [3.63, 3.8) is 0 Å². The van der Waals surface area contributed by atoms with Crippen LogP contribution in [0.4, 0.5) is 5.69 Å². The smallest absolute Gasteiger partial charge is 0.338 e. The third-order valence-electron chi connectivity index (χ3n) is 4.21. The fraction of sp³-hybridized carbons (Fsp3) is 0.250. The number of rotatable bonds is 6. The molecular formula is C20H19N3O5. The van der Waals surface area contributed by atoms with E-state index >= 15 is 0 Å². The lowest BCUT2D eigenvalue weighted by molar-refractivity contribution is -0.384. The Bertz CT molecular complexity index is 978. The van der Waals surface area contributed by atoms with Crippen LogP contribution in [0.25, 0.3) is 11.5 Å². The van der Waals surface area contributed by atoms with Gasteiger partial charge in [-0.2, -0.15) is 0 Å². The molecule has 28 heavy (non-hydrogen) atoms. The monoisotopic (exact) mass is 381 g/mol. The molecule has 2 aromatic carbocycles. The Labute approximate surface area is 161 Å². The summed E-state index contributed by atoms with van der Waals surface area (Å²) in [5.74, 6) is 0.215. The molecule has 8 heteroatoms. The second kappa shape index (κ2) is 7.99. The van der Waals surface area contributed by atoms with Gasteiger partial charge in [0.25, 0.3) is 11.6 Å². The summed E-state index contributed by atoms with van der Waals surface area (Å²) < 4.78 is 10.9. The molecule has 0 aliphatic rings. The summed E-state index contributed by atoms with van der Waals surface area (Å²) in [6.07, 6.45) is -0.739. The van der Waals surface area contributed by atoms with E-state index in [1.165, 1.54) is 24.3 Å². The van der Waals surface area contributed by atoms with Crippen LogP contribution in [-0.4, -0.2) is 21.1 Å². The Hall–Kier alpha value is -3.55. The highest BCUT2D eigenvalue weighted by Crippen LogP contribution is 2.25. The number of nitro benzene ring substituents is 1. The Morgan fingerprint density at radius 2 is 1.68 bits per heavy atom. The van der Waals surface area contributed by atoms with Gasteiger partial charge in [-0.1, -0.05) is 26.0 Å². The molecule has 3 rings (SSSR count). The topological polar surface area (TPSA) is 108 Å². The molecule has 0 saturated carbocycles. The number of hydrogen-bond donors (Lipinski definition) is 0. The van der Waals surface area contributed by atoms with Gasteiger partial charge >= 0.3 is 5.97 Å². The lowest BCUT2D eigenvalue weighted by atomic mass is 10.0. The summed E-state index contributed by atoms with van der Waals surface area (Å²) in [7, 11) is 0. The molecule has 0 saturated heterocycles. The van der Waals surface area contributed by atoms with E-state index in [4.69, 9.17) is 9.15 Å². The second-order valence-corrected chi connectivity index (χ2v) is 6.57. The van der Waals surface area contributed by atoms with Crippen LogP contribution in [0.5, 0.6) is 0 Å². The molecule has 0 amide bonds. The van der Waals surface area contributed by atoms with Crippen molar-refractivity contribution in [2.45, 2.75) is 32.8 Å². The average molecular weight is 381 g/mol. The molecule has 0 N–H and O–H groups in total. The number of nitrogens with zero attached hydrogens (tertiary/aromatic N) is 3. The number of carbonyl (C=O) groups excluding carboxylic acids is 1. The first kappa shape index (κ1) is 19.2. The van der Waals surface area contributed by atoms with Gasteiger partial charge in [0.1, 0.15) is 0 Å². The third kappa shape index (κ3) is 4.22. The standard InChI is InChI=1S/C20H19N3O5/c1-12(2)14-4-6-16(7-5-14)20(24)27-13(3)18-21-22-19(28-18)15-8-10-17(11-9-15)23(25)26/h4-13H,1-3H3. The Morgan fingerprint density at radius 1 is 1.04 bits per heavy atom. The SMILES string of the molecule is CC(C)c1ccc(C(=O)OC(C)c2nnc(-c3ccc([N+](=O)[O-])cc3)o2)cc1. The number of nitro groups is 1. The average Bonchev–Trinajstić information content (AvgIpc) is 3.18. The number of benzene rings is 2. The van der Waals surface area contributed by atoms with E-state index in [0.29, 0.717) is 17.0 Å². The summed E-state index contributed by atoms with van der Waals surface area (Å²) in [5.41, 5.74) is 2.07. The quantitative estimate of drug-likeness (QED) is 0.346. The first-order valence-electron chi connectivity index (χ1n) is 8.74. The molecule has 0 fully saturated rings. The van der Waals surface area contributed by atoms with E-state index in [1.54, 1.807) is 19.1 Å². The molecule has 0 radical (unpaired) electrons. The molecule has 0 aliphatic carbocycles. The molecule has 0 bridgehead atoms. The van der Waals surface area contributed by atoms with Gasteiger partial charge in [-0.25, -0.2) is 4.79 Å². The predicted octanol–water partition coefficient (Wildman–Crippen LogP) is 4.69. The first-order chi connectivity index (χ1) is 13.3. The Kier molecular flexibility index (Phi) is 5.49. The predicted molar refractivity (Wildman–Crippen MR) is 101 cm³/mol. The number of hydrogen-bond acceptors (Lipinski definition) is 7. The number of non-ortho nitro benzene ring substituents is 1. The van der Waals surface area contributed by atoms with Gasteiger partial charge in [0, 0.05) is 17.7 Å². The molecule has 144 valence electrons. The zero-order chi connectivity index (χ0) is 20.3. The summed E-state index contributed by atoms with van der Waals surface area (Å²) in [6, 6.07) is 13.0. The van der Waals surface area contributed by atoms with E-state index < -0.39 is 17.0 Å². The van der Waals surface area contributed by atoms with Gasteiger partial charge in [0.2, 0.25) is 5.89 Å². The van der Waals surface area contributed by atoms with Crippen molar-refractivity contribution in [1.82, 2.24) is 10.2 Å². The van der Waals surface area contributed by atoms with Gasteiger partial charge in [-0.05, 0) is 42.7 Å². The van der Waals surface area contributed by atoms with Crippen LogP contribution in [0.3, 0.4) is 0 Å². The van der Waals surface area contributed by atoms with E-state index in [0.717, 1.165) is 5.56 Å². The lowest BCUT2D eigenvalue weighted by Gasteiger charge is -2.10. The highest BCUT2D eigenvalue weighted by atomic mass is 16.6. The minimum absolute atomic E-state index is 0.0331. The minimum Gasteiger partial charge on any atom is -0.449 e. The van der Waals surface area contributed by atoms with Crippen LogP contribution in [0.1, 0.15) is 54.6 Å². The molecule has 8 nitrogen and oxygen atoms in total. The number of ether oxygens (including phenoxy) is 1. The maximum absolute atomic E-state index is 12.3. The normalized spacial score (nSPS) is 12.0. The van der Waals surface area contributed by atoms with Crippen LogP contribution in [0.2, 0.25) is 0 Å². The maximum Gasteiger partial charge on any atom is 0.338 e. The Morgan fingerprint density at radius 3 is 2.25 bits per heavy atom. The van der Waals surface area contributed by atoms with Crippen LogP contribution >= 0.6 is 0 Å². The largest absolute Gasteiger partial charge is 0.449 e. The number of aromatic nitrogens is 2. The van der Waals surface area contributed by atoms with E-state index in [2.05, 4.69) is 24.0 Å². The first-order valence-corrected chi connectivity index (χ1v) is 8.74. The lowest BCUT2D eigenvalue weighted by Crippen LogP contribution is -2.09. The van der Waals surface area contributed by atoms with Gasteiger partial charge in [-0.3, -0.25) is 10.1 Å². The molecule has 1 atom stereocenters.